The monoisotopic (exact) mass is 562 g/mol. The van der Waals surface area contributed by atoms with E-state index in [0.717, 1.165) is 0 Å². The first-order valence-electron chi connectivity index (χ1n) is 7.10. The van der Waals surface area contributed by atoms with E-state index < -0.39 is 42.2 Å². The lowest BCUT2D eigenvalue weighted by Gasteiger charge is -2.39. The highest BCUT2D eigenvalue weighted by Crippen LogP contribution is 2.60. The Hall–Kier alpha value is -1.22. The minimum absolute atomic E-state index is 0.102. The molecule has 1 aromatic carbocycles. The summed E-state index contributed by atoms with van der Waals surface area (Å²) in [6.07, 6.45) is -8.89. The minimum Gasteiger partial charge on any atom is -0.199 e. The van der Waals surface area contributed by atoms with E-state index in [1.165, 1.54) is 24.3 Å². The lowest BCUT2D eigenvalue weighted by Crippen LogP contribution is -2.70. The first-order chi connectivity index (χ1) is 12.7. The summed E-state index contributed by atoms with van der Waals surface area (Å²) in [7, 11) is 0. The van der Waals surface area contributed by atoms with E-state index in [1.807, 2.05) is 22.6 Å². The maximum absolute atomic E-state index is 13.5. The van der Waals surface area contributed by atoms with Crippen molar-refractivity contribution in [1.29, 1.82) is 0 Å². The lowest BCUT2D eigenvalue weighted by atomic mass is 9.92. The van der Waals surface area contributed by atoms with Gasteiger partial charge < -0.3 is 0 Å². The van der Waals surface area contributed by atoms with Crippen LogP contribution in [0.5, 0.6) is 0 Å². The number of rotatable bonds is 7. The standard InChI is InChI=1S/C15H8F13I/c16-10(17,7-1-2-8-3-5-9(29)6-4-8)11(18,19)12(20,21)13(22,23)14(24,25)15(26,27)28/h1-6H,7H2. The Balaban J connectivity index is 3.22. The normalized spacial score (nSPS) is 15.2. The second kappa shape index (κ2) is 7.80. The van der Waals surface area contributed by atoms with E-state index in [-0.39, 0.29) is 11.6 Å². The van der Waals surface area contributed by atoms with Crippen molar-refractivity contribution in [3.8, 4) is 0 Å². The Morgan fingerprint density at radius 1 is 0.621 bits per heavy atom. The van der Waals surface area contributed by atoms with Gasteiger partial charge in [0.05, 0.1) is 0 Å². The molecule has 0 nitrogen and oxygen atoms in total. The molecule has 0 saturated heterocycles. The third kappa shape index (κ3) is 4.45. The van der Waals surface area contributed by atoms with Crippen LogP contribution < -0.4 is 0 Å². The second-order valence-electron chi connectivity index (χ2n) is 5.66. The summed E-state index contributed by atoms with van der Waals surface area (Å²) in [6.45, 7) is 0. The summed E-state index contributed by atoms with van der Waals surface area (Å²) in [5.74, 6) is -36.7. The van der Waals surface area contributed by atoms with Gasteiger partial charge in [0.2, 0.25) is 0 Å². The van der Waals surface area contributed by atoms with Crippen molar-refractivity contribution in [2.45, 2.75) is 42.2 Å². The summed E-state index contributed by atoms with van der Waals surface area (Å²) < 4.78 is 169. The molecule has 0 atom stereocenters. The Labute approximate surface area is 167 Å². The highest BCUT2D eigenvalue weighted by Gasteiger charge is 2.90. The summed E-state index contributed by atoms with van der Waals surface area (Å²) >= 11 is 1.85. The highest BCUT2D eigenvalue weighted by molar-refractivity contribution is 14.1. The Bertz CT molecular complexity index is 732. The molecule has 29 heavy (non-hydrogen) atoms. The average Bonchev–Trinajstić information content (AvgIpc) is 2.54. The van der Waals surface area contributed by atoms with Crippen molar-refractivity contribution in [3.63, 3.8) is 0 Å². The lowest BCUT2D eigenvalue weighted by molar-refractivity contribution is -0.439. The molecule has 0 amide bonds. The first kappa shape index (κ1) is 25.8. The quantitative estimate of drug-likeness (QED) is 0.240. The molecule has 0 spiro atoms. The third-order valence-electron chi connectivity index (χ3n) is 3.55. The summed E-state index contributed by atoms with van der Waals surface area (Å²) in [5.41, 5.74) is 0.102. The molecule has 0 heterocycles. The number of hydrogen-bond donors (Lipinski definition) is 0. The Morgan fingerprint density at radius 2 is 1.03 bits per heavy atom. The molecule has 166 valence electrons. The fourth-order valence-corrected chi connectivity index (χ4v) is 2.21. The maximum Gasteiger partial charge on any atom is 0.460 e. The Kier molecular flexibility index (Phi) is 6.94. The van der Waals surface area contributed by atoms with E-state index in [0.29, 0.717) is 9.65 Å². The van der Waals surface area contributed by atoms with Crippen molar-refractivity contribution in [2.75, 3.05) is 0 Å². The molecule has 0 aliphatic rings. The second-order valence-corrected chi connectivity index (χ2v) is 6.90. The van der Waals surface area contributed by atoms with Gasteiger partial charge in [0.25, 0.3) is 0 Å². The zero-order chi connectivity index (χ0) is 23.1. The first-order valence-corrected chi connectivity index (χ1v) is 8.18. The zero-order valence-electron chi connectivity index (χ0n) is 13.5. The third-order valence-corrected chi connectivity index (χ3v) is 4.27. The fourth-order valence-electron chi connectivity index (χ4n) is 1.85. The number of allylic oxidation sites excluding steroid dienone is 1. The van der Waals surface area contributed by atoms with Crippen LogP contribution in [-0.2, 0) is 0 Å². The highest BCUT2D eigenvalue weighted by atomic mass is 127. The van der Waals surface area contributed by atoms with Crippen LogP contribution in [0.4, 0.5) is 57.1 Å². The molecule has 0 fully saturated rings. The largest absolute Gasteiger partial charge is 0.460 e. The van der Waals surface area contributed by atoms with Crippen LogP contribution in [-0.4, -0.2) is 35.8 Å². The van der Waals surface area contributed by atoms with Gasteiger partial charge >= 0.3 is 35.8 Å². The minimum atomic E-state index is -7.87. The molecule has 0 aromatic heterocycles. The summed E-state index contributed by atoms with van der Waals surface area (Å²) in [5, 5.41) is 0. The predicted molar refractivity (Wildman–Crippen MR) is 83.6 cm³/mol. The van der Waals surface area contributed by atoms with Gasteiger partial charge in [-0.3, -0.25) is 0 Å². The van der Waals surface area contributed by atoms with Gasteiger partial charge in [0.15, 0.2) is 0 Å². The van der Waals surface area contributed by atoms with Gasteiger partial charge in [-0.2, -0.15) is 57.1 Å². The molecule has 1 rings (SSSR count). The van der Waals surface area contributed by atoms with Gasteiger partial charge in [-0.25, -0.2) is 0 Å². The molecule has 0 aliphatic heterocycles. The molecule has 1 aromatic rings. The van der Waals surface area contributed by atoms with Gasteiger partial charge in [0.1, 0.15) is 0 Å². The van der Waals surface area contributed by atoms with Crippen LogP contribution in [0, 0.1) is 3.57 Å². The van der Waals surface area contributed by atoms with Crippen molar-refractivity contribution >= 4 is 28.7 Å². The van der Waals surface area contributed by atoms with Crippen LogP contribution in [0.2, 0.25) is 0 Å². The fraction of sp³-hybridized carbons (Fsp3) is 0.467. The smallest absolute Gasteiger partial charge is 0.199 e. The molecule has 0 radical (unpaired) electrons. The van der Waals surface area contributed by atoms with Gasteiger partial charge in [-0.15, -0.1) is 0 Å². The SMILES string of the molecule is FC(F)(F)C(F)(F)C(F)(F)C(F)(F)C(F)(F)C(F)(F)CC=Cc1ccc(I)cc1. The molecule has 0 unspecified atom stereocenters. The summed E-state index contributed by atoms with van der Waals surface area (Å²) in [4.78, 5) is 0. The van der Waals surface area contributed by atoms with Crippen LogP contribution in [0.15, 0.2) is 30.3 Å². The maximum atomic E-state index is 13.5. The van der Waals surface area contributed by atoms with Crippen LogP contribution in [0.3, 0.4) is 0 Å². The van der Waals surface area contributed by atoms with Gasteiger partial charge in [-0.05, 0) is 40.3 Å². The van der Waals surface area contributed by atoms with E-state index in [2.05, 4.69) is 0 Å². The van der Waals surface area contributed by atoms with Crippen molar-refractivity contribution in [3.05, 3.63) is 39.5 Å². The molecule has 0 saturated carbocycles. The molecule has 14 heteroatoms. The van der Waals surface area contributed by atoms with E-state index >= 15 is 0 Å². The van der Waals surface area contributed by atoms with Crippen molar-refractivity contribution in [1.82, 2.24) is 0 Å². The molecule has 0 N–H and O–H groups in total. The number of benzene rings is 1. The zero-order valence-corrected chi connectivity index (χ0v) is 15.6. The van der Waals surface area contributed by atoms with Gasteiger partial charge in [0, 0.05) is 9.99 Å². The molecular weight excluding hydrogens is 554 g/mol. The average molecular weight is 562 g/mol. The van der Waals surface area contributed by atoms with Crippen LogP contribution in [0.1, 0.15) is 12.0 Å². The predicted octanol–water partition coefficient (Wildman–Crippen LogP) is 7.43. The molecular formula is C15H8F13I. The van der Waals surface area contributed by atoms with Crippen LogP contribution >= 0.6 is 22.6 Å². The number of halogens is 14. The molecule has 0 aliphatic carbocycles. The number of hydrogen-bond acceptors (Lipinski definition) is 0. The van der Waals surface area contributed by atoms with E-state index in [1.54, 1.807) is 0 Å². The van der Waals surface area contributed by atoms with Crippen molar-refractivity contribution in [2.24, 2.45) is 0 Å². The summed E-state index contributed by atoms with van der Waals surface area (Å²) in [6, 6.07) is 5.42. The number of alkyl halides is 13. The topological polar surface area (TPSA) is 0 Å². The van der Waals surface area contributed by atoms with Gasteiger partial charge in [-0.1, -0.05) is 24.3 Å². The van der Waals surface area contributed by atoms with Crippen LogP contribution in [0.25, 0.3) is 6.08 Å². The Morgan fingerprint density at radius 3 is 1.45 bits per heavy atom. The van der Waals surface area contributed by atoms with E-state index in [9.17, 15) is 57.1 Å². The molecule has 0 bridgehead atoms. The van der Waals surface area contributed by atoms with E-state index in [4.69, 9.17) is 0 Å². The van der Waals surface area contributed by atoms with Crippen molar-refractivity contribution < 1.29 is 57.1 Å².